The van der Waals surface area contributed by atoms with Crippen molar-refractivity contribution in [2.45, 2.75) is 63.2 Å². The summed E-state index contributed by atoms with van der Waals surface area (Å²) in [5.74, 6) is 3.58. The van der Waals surface area contributed by atoms with Gasteiger partial charge in [0.25, 0.3) is 0 Å². The zero-order chi connectivity index (χ0) is 32.9. The van der Waals surface area contributed by atoms with Gasteiger partial charge in [0.05, 0.1) is 12.8 Å². The molecule has 5 aromatic rings. The number of aromatic hydroxyl groups is 1. The van der Waals surface area contributed by atoms with E-state index in [4.69, 9.17) is 9.73 Å². The first-order valence-electron chi connectivity index (χ1n) is 17.6. The number of nitrogens with zero attached hydrogens (tertiary/aromatic N) is 1. The van der Waals surface area contributed by atoms with Crippen LogP contribution >= 0.6 is 0 Å². The second-order valence-electron chi connectivity index (χ2n) is 15.2. The molecule has 1 N–H and O–H groups in total. The predicted octanol–water partition coefficient (Wildman–Crippen LogP) is 11.3. The molecule has 0 radical (unpaired) electrons. The van der Waals surface area contributed by atoms with Crippen molar-refractivity contribution in [2.75, 3.05) is 7.11 Å². The maximum atomic E-state index is 12.1. The topological polar surface area (TPSA) is 41.8 Å². The van der Waals surface area contributed by atoms with Crippen LogP contribution in [0.3, 0.4) is 0 Å². The number of para-hydroxylation sites is 1. The minimum atomic E-state index is -0.197. The number of aliphatic imine (C=N–C) groups is 1. The lowest BCUT2D eigenvalue weighted by Crippen LogP contribution is -2.48. The molecular weight excluding hydrogens is 587 g/mol. The van der Waals surface area contributed by atoms with Crippen LogP contribution in [-0.4, -0.2) is 18.4 Å². The molecule has 3 heteroatoms. The summed E-state index contributed by atoms with van der Waals surface area (Å²) in [5.41, 5.74) is 9.39. The Morgan fingerprint density at radius 2 is 1.31 bits per heavy atom. The minimum Gasteiger partial charge on any atom is -0.507 e. The van der Waals surface area contributed by atoms with E-state index in [1.165, 1.54) is 55.2 Å². The van der Waals surface area contributed by atoms with Crippen LogP contribution in [0.4, 0.5) is 5.69 Å². The summed E-state index contributed by atoms with van der Waals surface area (Å²) in [5, 5.41) is 12.1. The molecule has 0 aromatic heterocycles. The van der Waals surface area contributed by atoms with Gasteiger partial charge in [-0.2, -0.15) is 0 Å². The van der Waals surface area contributed by atoms with Gasteiger partial charge in [0, 0.05) is 33.9 Å². The molecule has 4 fully saturated rings. The lowest BCUT2D eigenvalue weighted by atomic mass is 9.48. The van der Waals surface area contributed by atoms with Gasteiger partial charge in [0.2, 0.25) is 0 Å². The normalized spacial score (nSPS) is 23.1. The van der Waals surface area contributed by atoms with Crippen LogP contribution in [0.25, 0.3) is 22.3 Å². The fraction of sp³-hybridized carbons (Fsp3) is 0.311. The molecule has 0 spiro atoms. The van der Waals surface area contributed by atoms with E-state index in [2.05, 4.69) is 123 Å². The average Bonchev–Trinajstić information content (AvgIpc) is 3.11. The van der Waals surface area contributed by atoms with Crippen molar-refractivity contribution in [3.8, 4) is 33.8 Å². The first-order valence-corrected chi connectivity index (χ1v) is 17.6. The summed E-state index contributed by atoms with van der Waals surface area (Å²) in [6.45, 7) is 4.53. The number of methoxy groups -OCH3 is 1. The molecule has 4 bridgehead atoms. The standard InChI is InChI=1S/C45H45NO2/c1-44(2,36-14-8-5-9-15-36)37-18-19-42(48-3)39(25-37)38-16-10-11-17-41(38)46-29-35-23-34(33-12-6-4-7-13-33)24-40(43(35)47)45-26-30-20-31(27-45)22-32(21-30)28-45/h4-19,23-25,29-32,47H,20-22,26-28H2,1-3H3. The Hall–Kier alpha value is -4.63. The van der Waals surface area contributed by atoms with E-state index in [-0.39, 0.29) is 10.8 Å². The summed E-state index contributed by atoms with van der Waals surface area (Å²) in [6.07, 6.45) is 9.58. The molecule has 0 unspecified atom stereocenters. The number of phenols is 1. The van der Waals surface area contributed by atoms with Crippen LogP contribution in [0.2, 0.25) is 0 Å². The number of benzene rings is 5. The second-order valence-corrected chi connectivity index (χ2v) is 15.2. The highest BCUT2D eigenvalue weighted by molar-refractivity contribution is 5.91. The fourth-order valence-electron chi connectivity index (χ4n) is 9.68. The molecule has 4 aliphatic carbocycles. The van der Waals surface area contributed by atoms with Crippen LogP contribution in [0.5, 0.6) is 11.5 Å². The van der Waals surface area contributed by atoms with Crippen molar-refractivity contribution < 1.29 is 9.84 Å². The molecule has 4 aliphatic rings. The van der Waals surface area contributed by atoms with E-state index < -0.39 is 0 Å². The number of hydrogen-bond acceptors (Lipinski definition) is 3. The monoisotopic (exact) mass is 631 g/mol. The molecule has 0 saturated heterocycles. The van der Waals surface area contributed by atoms with Gasteiger partial charge in [0.15, 0.2) is 0 Å². The summed E-state index contributed by atoms with van der Waals surface area (Å²) in [7, 11) is 1.73. The molecule has 0 atom stereocenters. The van der Waals surface area contributed by atoms with Crippen LogP contribution in [0, 0.1) is 17.8 Å². The highest BCUT2D eigenvalue weighted by atomic mass is 16.5. The van der Waals surface area contributed by atoms with E-state index in [9.17, 15) is 5.11 Å². The summed E-state index contributed by atoms with van der Waals surface area (Å²) >= 11 is 0. The highest BCUT2D eigenvalue weighted by Crippen LogP contribution is 2.62. The Morgan fingerprint density at radius 1 is 0.688 bits per heavy atom. The third-order valence-corrected chi connectivity index (χ3v) is 11.8. The number of phenolic OH excluding ortho intramolecular Hbond substituents is 1. The number of rotatable bonds is 8. The summed E-state index contributed by atoms with van der Waals surface area (Å²) < 4.78 is 5.92. The van der Waals surface area contributed by atoms with Crippen LogP contribution < -0.4 is 4.74 Å². The third-order valence-electron chi connectivity index (χ3n) is 11.8. The lowest BCUT2D eigenvalue weighted by Gasteiger charge is -2.57. The first kappa shape index (κ1) is 30.7. The van der Waals surface area contributed by atoms with E-state index >= 15 is 0 Å². The van der Waals surface area contributed by atoms with Gasteiger partial charge in [0.1, 0.15) is 11.5 Å². The molecule has 3 nitrogen and oxygen atoms in total. The molecule has 0 amide bonds. The van der Waals surface area contributed by atoms with Crippen molar-refractivity contribution >= 4 is 11.9 Å². The van der Waals surface area contributed by atoms with Crippen LogP contribution in [0.15, 0.2) is 120 Å². The minimum absolute atomic E-state index is 0.0590. The maximum Gasteiger partial charge on any atom is 0.128 e. The van der Waals surface area contributed by atoms with Gasteiger partial charge in [-0.1, -0.05) is 98.8 Å². The molecule has 5 aromatic carbocycles. The van der Waals surface area contributed by atoms with Crippen molar-refractivity contribution in [1.82, 2.24) is 0 Å². The number of hydrogen-bond donors (Lipinski definition) is 1. The van der Waals surface area contributed by atoms with Crippen LogP contribution in [0.1, 0.15) is 74.6 Å². The molecule has 48 heavy (non-hydrogen) atoms. The van der Waals surface area contributed by atoms with Crippen LogP contribution in [-0.2, 0) is 10.8 Å². The second kappa shape index (κ2) is 12.1. The van der Waals surface area contributed by atoms with Gasteiger partial charge in [-0.05, 0) is 114 Å². The highest BCUT2D eigenvalue weighted by Gasteiger charge is 2.52. The van der Waals surface area contributed by atoms with Gasteiger partial charge in [-0.25, -0.2) is 0 Å². The third kappa shape index (κ3) is 5.44. The molecule has 242 valence electrons. The molecular formula is C45H45NO2. The Bertz CT molecular complexity index is 1940. The van der Waals surface area contributed by atoms with Crippen molar-refractivity contribution in [1.29, 1.82) is 0 Å². The Morgan fingerprint density at radius 3 is 1.98 bits per heavy atom. The average molecular weight is 632 g/mol. The Balaban J connectivity index is 1.22. The Labute approximate surface area is 285 Å². The van der Waals surface area contributed by atoms with Gasteiger partial charge in [-0.3, -0.25) is 4.99 Å². The SMILES string of the molecule is COc1ccc(C(C)(C)c2ccccc2)cc1-c1ccccc1N=Cc1cc(-c2ccccc2)cc(C23CC4CC(CC(C4)C2)C3)c1O. The van der Waals surface area contributed by atoms with Crippen molar-refractivity contribution in [3.05, 3.63) is 138 Å². The zero-order valence-electron chi connectivity index (χ0n) is 28.3. The largest absolute Gasteiger partial charge is 0.507 e. The Kier molecular flexibility index (Phi) is 7.74. The molecule has 9 rings (SSSR count). The quantitative estimate of drug-likeness (QED) is 0.173. The van der Waals surface area contributed by atoms with Crippen molar-refractivity contribution in [3.63, 3.8) is 0 Å². The van der Waals surface area contributed by atoms with Gasteiger partial charge in [-0.15, -0.1) is 0 Å². The number of ether oxygens (including phenoxy) is 1. The van der Waals surface area contributed by atoms with Gasteiger partial charge >= 0.3 is 0 Å². The fourth-order valence-corrected chi connectivity index (χ4v) is 9.68. The zero-order valence-corrected chi connectivity index (χ0v) is 28.3. The lowest BCUT2D eigenvalue weighted by molar-refractivity contribution is -0.00611. The van der Waals surface area contributed by atoms with E-state index in [0.717, 1.165) is 57.0 Å². The molecule has 0 aliphatic heterocycles. The first-order chi connectivity index (χ1) is 23.3. The van der Waals surface area contributed by atoms with E-state index in [1.807, 2.05) is 12.3 Å². The van der Waals surface area contributed by atoms with E-state index in [0.29, 0.717) is 5.75 Å². The molecule has 4 saturated carbocycles. The van der Waals surface area contributed by atoms with Gasteiger partial charge < -0.3 is 9.84 Å². The van der Waals surface area contributed by atoms with E-state index in [1.54, 1.807) is 7.11 Å². The van der Waals surface area contributed by atoms with Crippen molar-refractivity contribution in [2.24, 2.45) is 22.7 Å². The molecule has 0 heterocycles. The predicted molar refractivity (Wildman–Crippen MR) is 198 cm³/mol. The maximum absolute atomic E-state index is 12.1. The smallest absolute Gasteiger partial charge is 0.128 e. The summed E-state index contributed by atoms with van der Waals surface area (Å²) in [6, 6.07) is 40.4. The summed E-state index contributed by atoms with van der Waals surface area (Å²) in [4.78, 5) is 5.12.